The van der Waals surface area contributed by atoms with Crippen molar-refractivity contribution in [2.75, 3.05) is 20.2 Å². The average Bonchev–Trinajstić information content (AvgIpc) is 2.57. The minimum absolute atomic E-state index is 0.0369. The number of nitro groups is 1. The quantitative estimate of drug-likeness (QED) is 0.318. The fourth-order valence-electron chi connectivity index (χ4n) is 1.57. The molecule has 11 heteroatoms. The minimum Gasteiger partial charge on any atom is -0.453 e. The van der Waals surface area contributed by atoms with Gasteiger partial charge >= 0.3 is 12.2 Å². The van der Waals surface area contributed by atoms with Crippen LogP contribution in [0.3, 0.4) is 0 Å². The first kappa shape index (κ1) is 19.7. The molecule has 0 bridgehead atoms. The number of rotatable bonds is 7. The second-order valence-electron chi connectivity index (χ2n) is 4.65. The van der Waals surface area contributed by atoms with Crippen molar-refractivity contribution >= 4 is 23.8 Å². The van der Waals surface area contributed by atoms with Crippen molar-refractivity contribution in [1.29, 1.82) is 0 Å². The number of alkyl carbamates (subject to hydrolysis) is 1. The van der Waals surface area contributed by atoms with Gasteiger partial charge in [-0.05, 0) is 12.1 Å². The Morgan fingerprint density at radius 3 is 2.28 bits per heavy atom. The molecule has 2 amide bonds. The van der Waals surface area contributed by atoms with E-state index in [2.05, 4.69) is 15.4 Å². The number of non-ortho nitro benzene ring substituents is 1. The highest BCUT2D eigenvalue weighted by atomic mass is 16.7. The Labute approximate surface area is 142 Å². The van der Waals surface area contributed by atoms with E-state index in [0.29, 0.717) is 0 Å². The second-order valence-corrected chi connectivity index (χ2v) is 4.65. The number of amides is 2. The number of carbonyl (C=O) groups excluding carboxylic acids is 3. The molecule has 0 fully saturated rings. The highest BCUT2D eigenvalue weighted by Gasteiger charge is 2.18. The fraction of sp³-hybridized carbons (Fsp3) is 0.357. The molecule has 1 unspecified atom stereocenters. The lowest BCUT2D eigenvalue weighted by Crippen LogP contribution is -2.42. The maximum absolute atomic E-state index is 11.8. The number of hydrogen-bond acceptors (Lipinski definition) is 8. The third kappa shape index (κ3) is 7.63. The van der Waals surface area contributed by atoms with E-state index in [9.17, 15) is 24.5 Å². The van der Waals surface area contributed by atoms with Crippen LogP contribution in [0, 0.1) is 10.1 Å². The number of benzene rings is 1. The first-order chi connectivity index (χ1) is 11.8. The third-order valence-corrected chi connectivity index (χ3v) is 2.75. The first-order valence-electron chi connectivity index (χ1n) is 7.01. The van der Waals surface area contributed by atoms with E-state index in [0.717, 1.165) is 12.1 Å². The Hall–Kier alpha value is -3.37. The van der Waals surface area contributed by atoms with Crippen LogP contribution in [0.2, 0.25) is 0 Å². The fourth-order valence-corrected chi connectivity index (χ4v) is 1.57. The van der Waals surface area contributed by atoms with Gasteiger partial charge in [-0.1, -0.05) is 0 Å². The van der Waals surface area contributed by atoms with E-state index in [-0.39, 0.29) is 30.4 Å². The van der Waals surface area contributed by atoms with Crippen LogP contribution >= 0.6 is 0 Å². The average molecular weight is 355 g/mol. The van der Waals surface area contributed by atoms with E-state index >= 15 is 0 Å². The summed E-state index contributed by atoms with van der Waals surface area (Å²) in [5.74, 6) is -0.315. The normalized spacial score (nSPS) is 11.0. The molecule has 11 nitrogen and oxygen atoms in total. The summed E-state index contributed by atoms with van der Waals surface area (Å²) in [6.07, 6.45) is -2.75. The molecule has 0 aliphatic carbocycles. The lowest BCUT2D eigenvalue weighted by Gasteiger charge is -2.18. The maximum Gasteiger partial charge on any atom is 0.514 e. The summed E-state index contributed by atoms with van der Waals surface area (Å²) in [4.78, 5) is 43.8. The number of nitro benzene ring substituents is 1. The SMILES string of the molecule is COC(=O)NCC(CNC(C)=O)OC(=O)Oc1ccc([N+](=O)[O-])cc1. The van der Waals surface area contributed by atoms with E-state index in [1.807, 2.05) is 0 Å². The summed E-state index contributed by atoms with van der Waals surface area (Å²) in [6, 6.07) is 4.79. The van der Waals surface area contributed by atoms with Crippen molar-refractivity contribution in [1.82, 2.24) is 10.6 Å². The molecule has 0 radical (unpaired) electrons. The highest BCUT2D eigenvalue weighted by Crippen LogP contribution is 2.17. The van der Waals surface area contributed by atoms with Crippen molar-refractivity contribution in [3.63, 3.8) is 0 Å². The van der Waals surface area contributed by atoms with Crippen LogP contribution in [0.25, 0.3) is 0 Å². The van der Waals surface area contributed by atoms with E-state index in [1.165, 1.54) is 26.2 Å². The van der Waals surface area contributed by atoms with Gasteiger partial charge < -0.3 is 24.8 Å². The van der Waals surface area contributed by atoms with Crippen LogP contribution in [0.5, 0.6) is 5.75 Å². The van der Waals surface area contributed by atoms with Crippen molar-refractivity contribution in [2.24, 2.45) is 0 Å². The zero-order chi connectivity index (χ0) is 18.8. The van der Waals surface area contributed by atoms with Crippen molar-refractivity contribution in [2.45, 2.75) is 13.0 Å². The van der Waals surface area contributed by atoms with Gasteiger partial charge in [-0.25, -0.2) is 9.59 Å². The van der Waals surface area contributed by atoms with Crippen LogP contribution in [-0.4, -0.2) is 49.4 Å². The van der Waals surface area contributed by atoms with Gasteiger partial charge in [0.05, 0.1) is 25.1 Å². The number of methoxy groups -OCH3 is 1. The van der Waals surface area contributed by atoms with Crippen molar-refractivity contribution in [3.05, 3.63) is 34.4 Å². The lowest BCUT2D eigenvalue weighted by atomic mass is 10.3. The smallest absolute Gasteiger partial charge is 0.453 e. The summed E-state index contributed by atoms with van der Waals surface area (Å²) in [7, 11) is 1.17. The van der Waals surface area contributed by atoms with Crippen LogP contribution in [0.1, 0.15) is 6.92 Å². The molecular weight excluding hydrogens is 338 g/mol. The number of nitrogens with one attached hydrogen (secondary N) is 2. The molecule has 1 rings (SSSR count). The zero-order valence-electron chi connectivity index (χ0n) is 13.5. The van der Waals surface area contributed by atoms with Crippen LogP contribution in [-0.2, 0) is 14.3 Å². The summed E-state index contributed by atoms with van der Waals surface area (Å²) in [5.41, 5.74) is -0.161. The molecule has 1 atom stereocenters. The molecule has 1 aromatic carbocycles. The molecule has 0 heterocycles. The van der Waals surface area contributed by atoms with E-state index in [4.69, 9.17) is 9.47 Å². The Kier molecular flexibility index (Phi) is 7.63. The topological polar surface area (TPSA) is 146 Å². The largest absolute Gasteiger partial charge is 0.514 e. The molecule has 0 saturated carbocycles. The number of carbonyl (C=O) groups is 3. The summed E-state index contributed by atoms with van der Waals surface area (Å²) in [6.45, 7) is 1.09. The highest BCUT2D eigenvalue weighted by molar-refractivity contribution is 5.73. The van der Waals surface area contributed by atoms with Gasteiger partial charge in [0.2, 0.25) is 5.91 Å². The Bertz CT molecular complexity index is 631. The maximum atomic E-state index is 11.8. The minimum atomic E-state index is -1.10. The molecule has 0 aliphatic heterocycles. The lowest BCUT2D eigenvalue weighted by molar-refractivity contribution is -0.384. The molecule has 136 valence electrons. The molecule has 25 heavy (non-hydrogen) atoms. The molecule has 2 N–H and O–H groups in total. The standard InChI is InChI=1S/C14H17N3O8/c1-9(18)15-7-12(8-16-13(19)23-2)25-14(20)24-11-5-3-10(4-6-11)17(21)22/h3-6,12H,7-8H2,1-2H3,(H,15,18)(H,16,19). The second kappa shape index (κ2) is 9.70. The summed E-state index contributed by atoms with van der Waals surface area (Å²) < 4.78 is 14.3. The number of ether oxygens (including phenoxy) is 3. The molecule has 0 aromatic heterocycles. The van der Waals surface area contributed by atoms with Gasteiger partial charge in [0.1, 0.15) is 11.9 Å². The van der Waals surface area contributed by atoms with E-state index in [1.54, 1.807) is 0 Å². The third-order valence-electron chi connectivity index (χ3n) is 2.75. The number of nitrogens with zero attached hydrogens (tertiary/aromatic N) is 1. The number of hydrogen-bond donors (Lipinski definition) is 2. The van der Waals surface area contributed by atoms with Crippen molar-refractivity contribution < 1.29 is 33.5 Å². The van der Waals surface area contributed by atoms with Gasteiger partial charge in [0, 0.05) is 19.1 Å². The monoisotopic (exact) mass is 355 g/mol. The molecule has 0 spiro atoms. The van der Waals surface area contributed by atoms with Gasteiger partial charge in [-0.15, -0.1) is 0 Å². The zero-order valence-corrected chi connectivity index (χ0v) is 13.5. The summed E-state index contributed by atoms with van der Waals surface area (Å²) >= 11 is 0. The van der Waals surface area contributed by atoms with Crippen LogP contribution in [0.4, 0.5) is 15.3 Å². The Morgan fingerprint density at radius 1 is 1.16 bits per heavy atom. The molecule has 1 aromatic rings. The molecular formula is C14H17N3O8. The summed E-state index contributed by atoms with van der Waals surface area (Å²) in [5, 5.41) is 15.3. The van der Waals surface area contributed by atoms with Crippen LogP contribution < -0.4 is 15.4 Å². The van der Waals surface area contributed by atoms with E-state index < -0.39 is 23.3 Å². The Morgan fingerprint density at radius 2 is 1.76 bits per heavy atom. The van der Waals surface area contributed by atoms with Gasteiger partial charge in [0.15, 0.2) is 0 Å². The van der Waals surface area contributed by atoms with Gasteiger partial charge in [-0.3, -0.25) is 14.9 Å². The molecule has 0 aliphatic rings. The van der Waals surface area contributed by atoms with Gasteiger partial charge in [-0.2, -0.15) is 0 Å². The predicted octanol–water partition coefficient (Wildman–Crippen LogP) is 0.971. The Balaban J connectivity index is 2.60. The first-order valence-corrected chi connectivity index (χ1v) is 7.01. The van der Waals surface area contributed by atoms with Crippen molar-refractivity contribution in [3.8, 4) is 5.75 Å². The van der Waals surface area contributed by atoms with Gasteiger partial charge in [0.25, 0.3) is 5.69 Å². The predicted molar refractivity (Wildman–Crippen MR) is 83.1 cm³/mol. The molecule has 0 saturated heterocycles. The van der Waals surface area contributed by atoms with Crippen LogP contribution in [0.15, 0.2) is 24.3 Å².